The Bertz CT molecular complexity index is 428. The molecule has 19 heavy (non-hydrogen) atoms. The fraction of sp³-hybridized carbons (Fsp3) is 0.500. The molecule has 1 aromatic rings. The van der Waals surface area contributed by atoms with E-state index in [2.05, 4.69) is 11.0 Å². The van der Waals surface area contributed by atoms with Gasteiger partial charge in [0.1, 0.15) is 5.75 Å². The van der Waals surface area contributed by atoms with Crippen LogP contribution in [0, 0.1) is 0 Å². The molecule has 0 bridgehead atoms. The van der Waals surface area contributed by atoms with Gasteiger partial charge in [0.15, 0.2) is 0 Å². The Balaban J connectivity index is 1.86. The lowest BCUT2D eigenvalue weighted by Gasteiger charge is -2.33. The largest absolute Gasteiger partial charge is 0.497 e. The van der Waals surface area contributed by atoms with Crippen molar-refractivity contribution < 1.29 is 14.3 Å². The molecule has 0 aromatic heterocycles. The molecule has 1 heterocycles. The maximum Gasteiger partial charge on any atom is 0.409 e. The summed E-state index contributed by atoms with van der Waals surface area (Å²) in [6.45, 7) is 4.05. The molecule has 0 N–H and O–H groups in total. The molecule has 1 aliphatic heterocycles. The molecule has 0 saturated carbocycles. The molecule has 0 unspecified atom stereocenters. The van der Waals surface area contributed by atoms with Crippen LogP contribution in [0.1, 0.15) is 5.56 Å². The first-order valence-corrected chi connectivity index (χ1v) is 6.41. The lowest BCUT2D eigenvalue weighted by Crippen LogP contribution is -2.48. The summed E-state index contributed by atoms with van der Waals surface area (Å²) in [7, 11) is 3.10. The number of benzene rings is 1. The first kappa shape index (κ1) is 13.7. The third-order valence-electron chi connectivity index (χ3n) is 3.35. The van der Waals surface area contributed by atoms with Crippen molar-refractivity contribution in [1.82, 2.24) is 9.80 Å². The molecule has 0 radical (unpaired) electrons. The third kappa shape index (κ3) is 3.61. The van der Waals surface area contributed by atoms with Gasteiger partial charge in [-0.3, -0.25) is 4.90 Å². The number of ether oxygens (including phenoxy) is 2. The lowest BCUT2D eigenvalue weighted by atomic mass is 10.2. The number of piperazine rings is 1. The minimum absolute atomic E-state index is 0.235. The standard InChI is InChI=1S/C14H20N2O3/c1-18-13-5-3-4-12(10-13)11-15-6-8-16(9-7-15)14(17)19-2/h3-5,10H,6-9,11H2,1-2H3. The summed E-state index contributed by atoms with van der Waals surface area (Å²) >= 11 is 0. The monoisotopic (exact) mass is 264 g/mol. The van der Waals surface area contributed by atoms with Crippen LogP contribution < -0.4 is 4.74 Å². The van der Waals surface area contributed by atoms with E-state index in [0.717, 1.165) is 38.5 Å². The summed E-state index contributed by atoms with van der Waals surface area (Å²) in [5.41, 5.74) is 1.23. The third-order valence-corrected chi connectivity index (χ3v) is 3.35. The molecule has 104 valence electrons. The Morgan fingerprint density at radius 3 is 2.58 bits per heavy atom. The molecule has 2 rings (SSSR count). The van der Waals surface area contributed by atoms with E-state index in [1.807, 2.05) is 18.2 Å². The first-order chi connectivity index (χ1) is 9.22. The predicted octanol–water partition coefficient (Wildman–Crippen LogP) is 1.58. The molecule has 0 spiro atoms. The average molecular weight is 264 g/mol. The highest BCUT2D eigenvalue weighted by molar-refractivity contribution is 5.67. The molecule has 1 saturated heterocycles. The van der Waals surface area contributed by atoms with Crippen molar-refractivity contribution >= 4 is 6.09 Å². The Labute approximate surface area is 113 Å². The zero-order chi connectivity index (χ0) is 13.7. The number of rotatable bonds is 3. The Morgan fingerprint density at radius 1 is 1.21 bits per heavy atom. The summed E-state index contributed by atoms with van der Waals surface area (Å²) in [6, 6.07) is 8.08. The highest BCUT2D eigenvalue weighted by atomic mass is 16.5. The minimum atomic E-state index is -0.235. The van der Waals surface area contributed by atoms with Gasteiger partial charge < -0.3 is 14.4 Å². The number of carbonyl (C=O) groups is 1. The van der Waals surface area contributed by atoms with E-state index in [-0.39, 0.29) is 6.09 Å². The van der Waals surface area contributed by atoms with Crippen LogP contribution in [0.5, 0.6) is 5.75 Å². The van der Waals surface area contributed by atoms with Gasteiger partial charge >= 0.3 is 6.09 Å². The second-order valence-corrected chi connectivity index (χ2v) is 4.58. The van der Waals surface area contributed by atoms with Crippen molar-refractivity contribution in [3.63, 3.8) is 0 Å². The van der Waals surface area contributed by atoms with Crippen LogP contribution in [0.3, 0.4) is 0 Å². The second kappa shape index (κ2) is 6.43. The van der Waals surface area contributed by atoms with Crippen LogP contribution in [0.25, 0.3) is 0 Å². The fourth-order valence-electron chi connectivity index (χ4n) is 2.25. The number of amides is 1. The van der Waals surface area contributed by atoms with Gasteiger partial charge in [0.05, 0.1) is 14.2 Å². The molecular weight excluding hydrogens is 244 g/mol. The Hall–Kier alpha value is -1.75. The minimum Gasteiger partial charge on any atom is -0.497 e. The number of hydrogen-bond acceptors (Lipinski definition) is 4. The smallest absolute Gasteiger partial charge is 0.409 e. The number of carbonyl (C=O) groups excluding carboxylic acids is 1. The number of nitrogens with zero attached hydrogens (tertiary/aromatic N) is 2. The topological polar surface area (TPSA) is 42.0 Å². The summed E-state index contributed by atoms with van der Waals surface area (Å²) in [5.74, 6) is 0.880. The summed E-state index contributed by atoms with van der Waals surface area (Å²) in [4.78, 5) is 15.4. The predicted molar refractivity (Wildman–Crippen MR) is 72.2 cm³/mol. The average Bonchev–Trinajstić information content (AvgIpc) is 2.47. The molecule has 1 aromatic carbocycles. The van der Waals surface area contributed by atoms with Crippen molar-refractivity contribution in [2.24, 2.45) is 0 Å². The summed E-state index contributed by atoms with van der Waals surface area (Å²) in [5, 5.41) is 0. The van der Waals surface area contributed by atoms with Gasteiger partial charge in [-0.1, -0.05) is 12.1 Å². The van der Waals surface area contributed by atoms with E-state index < -0.39 is 0 Å². The van der Waals surface area contributed by atoms with Crippen LogP contribution in [0.4, 0.5) is 4.79 Å². The van der Waals surface area contributed by atoms with Crippen molar-refractivity contribution in [2.75, 3.05) is 40.4 Å². The molecule has 5 nitrogen and oxygen atoms in total. The van der Waals surface area contributed by atoms with Gasteiger partial charge in [-0.2, -0.15) is 0 Å². The van der Waals surface area contributed by atoms with Crippen LogP contribution >= 0.6 is 0 Å². The van der Waals surface area contributed by atoms with Gasteiger partial charge in [0.2, 0.25) is 0 Å². The van der Waals surface area contributed by atoms with E-state index in [1.165, 1.54) is 12.7 Å². The van der Waals surface area contributed by atoms with Crippen LogP contribution in [-0.4, -0.2) is 56.3 Å². The molecule has 0 atom stereocenters. The van der Waals surface area contributed by atoms with Crippen molar-refractivity contribution in [3.8, 4) is 5.75 Å². The van der Waals surface area contributed by atoms with Crippen LogP contribution in [-0.2, 0) is 11.3 Å². The van der Waals surface area contributed by atoms with Crippen molar-refractivity contribution in [1.29, 1.82) is 0 Å². The van der Waals surface area contributed by atoms with E-state index in [1.54, 1.807) is 12.0 Å². The molecule has 5 heteroatoms. The SMILES string of the molecule is COC(=O)N1CCN(Cc2cccc(OC)c2)CC1. The first-order valence-electron chi connectivity index (χ1n) is 6.41. The molecule has 0 aliphatic carbocycles. The van der Waals surface area contributed by atoms with Crippen LogP contribution in [0.2, 0.25) is 0 Å². The quantitative estimate of drug-likeness (QED) is 0.831. The van der Waals surface area contributed by atoms with Gasteiger partial charge in [0.25, 0.3) is 0 Å². The highest BCUT2D eigenvalue weighted by Gasteiger charge is 2.21. The maximum atomic E-state index is 11.4. The summed E-state index contributed by atoms with van der Waals surface area (Å²) in [6.07, 6.45) is -0.235. The van der Waals surface area contributed by atoms with Gasteiger partial charge in [-0.25, -0.2) is 4.79 Å². The van der Waals surface area contributed by atoms with Gasteiger partial charge in [-0.05, 0) is 17.7 Å². The Morgan fingerprint density at radius 2 is 1.95 bits per heavy atom. The Kier molecular flexibility index (Phi) is 4.63. The van der Waals surface area contributed by atoms with Crippen molar-refractivity contribution in [3.05, 3.63) is 29.8 Å². The highest BCUT2D eigenvalue weighted by Crippen LogP contribution is 2.15. The second-order valence-electron chi connectivity index (χ2n) is 4.58. The normalized spacial score (nSPS) is 16.2. The van der Waals surface area contributed by atoms with Crippen molar-refractivity contribution in [2.45, 2.75) is 6.54 Å². The van der Waals surface area contributed by atoms with E-state index >= 15 is 0 Å². The fourth-order valence-corrected chi connectivity index (χ4v) is 2.25. The van der Waals surface area contributed by atoms with Gasteiger partial charge in [0, 0.05) is 32.7 Å². The summed E-state index contributed by atoms with van der Waals surface area (Å²) < 4.78 is 9.94. The number of methoxy groups -OCH3 is 2. The van der Waals surface area contributed by atoms with E-state index in [4.69, 9.17) is 9.47 Å². The maximum absolute atomic E-state index is 11.4. The molecule has 1 amide bonds. The van der Waals surface area contributed by atoms with E-state index in [0.29, 0.717) is 0 Å². The zero-order valence-electron chi connectivity index (χ0n) is 11.5. The van der Waals surface area contributed by atoms with E-state index in [9.17, 15) is 4.79 Å². The molecule has 1 aliphatic rings. The molecule has 1 fully saturated rings. The molecular formula is C14H20N2O3. The van der Waals surface area contributed by atoms with Gasteiger partial charge in [-0.15, -0.1) is 0 Å². The van der Waals surface area contributed by atoms with Crippen LogP contribution in [0.15, 0.2) is 24.3 Å². The zero-order valence-corrected chi connectivity index (χ0v) is 11.5. The lowest BCUT2D eigenvalue weighted by molar-refractivity contribution is 0.0889. The number of hydrogen-bond donors (Lipinski definition) is 0.